The van der Waals surface area contributed by atoms with Gasteiger partial charge in [0.25, 0.3) is 5.91 Å². The Kier molecular flexibility index (Phi) is 5.10. The summed E-state index contributed by atoms with van der Waals surface area (Å²) >= 11 is 7.17. The van der Waals surface area contributed by atoms with Crippen molar-refractivity contribution >= 4 is 40.4 Å². The van der Waals surface area contributed by atoms with Crippen LogP contribution in [0.5, 0.6) is 0 Å². The Bertz CT molecular complexity index is 955. The SMILES string of the molecule is O=C(N[C@@H]1CC(=O)N(c2ccc3c(c2)CCN(C2CC2)CC3)C1)c1ccc(Cl)s1. The second-order valence-electron chi connectivity index (χ2n) is 8.20. The number of benzene rings is 1. The van der Waals surface area contributed by atoms with Crippen molar-refractivity contribution in [1.29, 1.82) is 0 Å². The summed E-state index contributed by atoms with van der Waals surface area (Å²) in [5, 5.41) is 2.98. The van der Waals surface area contributed by atoms with Crippen LogP contribution in [0.15, 0.2) is 30.3 Å². The molecule has 3 aliphatic rings. The van der Waals surface area contributed by atoms with Gasteiger partial charge in [-0.15, -0.1) is 11.3 Å². The molecule has 1 aromatic carbocycles. The first-order chi connectivity index (χ1) is 14.1. The van der Waals surface area contributed by atoms with E-state index in [4.69, 9.17) is 11.6 Å². The summed E-state index contributed by atoms with van der Waals surface area (Å²) in [7, 11) is 0. The molecule has 1 saturated carbocycles. The molecule has 2 aliphatic heterocycles. The minimum Gasteiger partial charge on any atom is -0.346 e. The fraction of sp³-hybridized carbons (Fsp3) is 0.455. The van der Waals surface area contributed by atoms with Crippen LogP contribution in [0.4, 0.5) is 5.69 Å². The zero-order valence-corrected chi connectivity index (χ0v) is 17.8. The molecule has 0 bridgehead atoms. The van der Waals surface area contributed by atoms with E-state index in [1.807, 2.05) is 4.90 Å². The van der Waals surface area contributed by atoms with Gasteiger partial charge in [0.05, 0.1) is 15.3 Å². The summed E-state index contributed by atoms with van der Waals surface area (Å²) in [6, 6.07) is 10.5. The van der Waals surface area contributed by atoms with Gasteiger partial charge >= 0.3 is 0 Å². The third kappa shape index (κ3) is 4.06. The smallest absolute Gasteiger partial charge is 0.261 e. The van der Waals surface area contributed by atoms with Crippen LogP contribution >= 0.6 is 22.9 Å². The number of halogens is 1. The predicted molar refractivity (Wildman–Crippen MR) is 116 cm³/mol. The summed E-state index contributed by atoms with van der Waals surface area (Å²) in [4.78, 5) is 30.0. The molecule has 5 nitrogen and oxygen atoms in total. The van der Waals surface area contributed by atoms with Crippen LogP contribution < -0.4 is 10.2 Å². The summed E-state index contributed by atoms with van der Waals surface area (Å²) in [5.41, 5.74) is 3.71. The van der Waals surface area contributed by atoms with Gasteiger partial charge in [0.2, 0.25) is 5.91 Å². The Balaban J connectivity index is 1.26. The normalized spacial score (nSPS) is 22.4. The van der Waals surface area contributed by atoms with E-state index in [0.29, 0.717) is 22.2 Å². The van der Waals surface area contributed by atoms with Gasteiger partial charge in [0, 0.05) is 37.8 Å². The Morgan fingerprint density at radius 2 is 1.90 bits per heavy atom. The Labute approximate surface area is 179 Å². The molecule has 2 amide bonds. The largest absolute Gasteiger partial charge is 0.346 e. The number of rotatable bonds is 4. The van der Waals surface area contributed by atoms with Gasteiger partial charge in [0.15, 0.2) is 0 Å². The average Bonchev–Trinajstić information content (AvgIpc) is 3.40. The van der Waals surface area contributed by atoms with E-state index in [1.165, 1.54) is 35.3 Å². The van der Waals surface area contributed by atoms with Crippen LogP contribution in [0.3, 0.4) is 0 Å². The average molecular weight is 430 g/mol. The lowest BCUT2D eigenvalue weighted by Gasteiger charge is -2.19. The van der Waals surface area contributed by atoms with Crippen LogP contribution in [0.2, 0.25) is 4.34 Å². The first kappa shape index (κ1) is 19.1. The van der Waals surface area contributed by atoms with E-state index < -0.39 is 0 Å². The van der Waals surface area contributed by atoms with Crippen molar-refractivity contribution in [3.63, 3.8) is 0 Å². The molecule has 1 aliphatic carbocycles. The molecule has 152 valence electrons. The molecule has 1 N–H and O–H groups in total. The summed E-state index contributed by atoms with van der Waals surface area (Å²) in [6.45, 7) is 2.76. The van der Waals surface area contributed by atoms with E-state index in [-0.39, 0.29) is 17.9 Å². The number of amides is 2. The molecule has 2 aromatic rings. The first-order valence-electron chi connectivity index (χ1n) is 10.3. The lowest BCUT2D eigenvalue weighted by Crippen LogP contribution is -2.36. The minimum atomic E-state index is -0.181. The van der Waals surface area contributed by atoms with Gasteiger partial charge in [-0.25, -0.2) is 0 Å². The van der Waals surface area contributed by atoms with Gasteiger partial charge in [0.1, 0.15) is 0 Å². The first-order valence-corrected chi connectivity index (χ1v) is 11.5. The zero-order chi connectivity index (χ0) is 20.0. The van der Waals surface area contributed by atoms with E-state index in [0.717, 1.165) is 37.7 Å². The standard InChI is InChI=1S/C22H24ClN3O2S/c23-20-6-5-19(29-20)22(28)24-16-12-21(27)26(13-16)18-2-1-14-7-9-25(17-3-4-17)10-8-15(14)11-18/h1-2,5-6,11,16-17H,3-4,7-10,12-13H2,(H,24,28)/t16-/m1/s1. The fourth-order valence-corrected chi connectivity index (χ4v) is 5.39. The highest BCUT2D eigenvalue weighted by Crippen LogP contribution is 2.31. The molecule has 1 aromatic heterocycles. The third-order valence-electron chi connectivity index (χ3n) is 6.16. The number of carbonyl (C=O) groups excluding carboxylic acids is 2. The van der Waals surface area contributed by atoms with E-state index in [2.05, 4.69) is 28.4 Å². The van der Waals surface area contributed by atoms with Crippen molar-refractivity contribution in [3.8, 4) is 0 Å². The number of fused-ring (bicyclic) bond motifs is 1. The quantitative estimate of drug-likeness (QED) is 0.809. The molecular formula is C22H24ClN3O2S. The molecule has 0 unspecified atom stereocenters. The minimum absolute atomic E-state index is 0.0627. The molecule has 2 fully saturated rings. The maximum absolute atomic E-state index is 12.6. The number of nitrogens with one attached hydrogen (secondary N) is 1. The highest BCUT2D eigenvalue weighted by Gasteiger charge is 2.33. The number of carbonyl (C=O) groups is 2. The lowest BCUT2D eigenvalue weighted by atomic mass is 10.0. The molecule has 0 spiro atoms. The van der Waals surface area contributed by atoms with Crippen molar-refractivity contribution in [2.75, 3.05) is 24.5 Å². The van der Waals surface area contributed by atoms with Crippen LogP contribution in [0.25, 0.3) is 0 Å². The molecular weight excluding hydrogens is 406 g/mol. The molecule has 0 radical (unpaired) electrons. The number of hydrogen-bond acceptors (Lipinski definition) is 4. The number of anilines is 1. The highest BCUT2D eigenvalue weighted by atomic mass is 35.5. The van der Waals surface area contributed by atoms with Crippen molar-refractivity contribution < 1.29 is 9.59 Å². The van der Waals surface area contributed by atoms with Crippen molar-refractivity contribution in [1.82, 2.24) is 10.2 Å². The molecule has 5 rings (SSSR count). The van der Waals surface area contributed by atoms with E-state index in [1.54, 1.807) is 12.1 Å². The Hall–Kier alpha value is -1.89. The summed E-state index contributed by atoms with van der Waals surface area (Å²) in [5.74, 6) is -0.101. The van der Waals surface area contributed by atoms with Gasteiger partial charge < -0.3 is 10.2 Å². The van der Waals surface area contributed by atoms with Crippen LogP contribution in [-0.4, -0.2) is 48.4 Å². The second kappa shape index (κ2) is 7.74. The summed E-state index contributed by atoms with van der Waals surface area (Å²) in [6.07, 6.45) is 5.14. The van der Waals surface area contributed by atoms with Gasteiger partial charge in [-0.2, -0.15) is 0 Å². The number of nitrogens with zero attached hydrogens (tertiary/aromatic N) is 2. The van der Waals surface area contributed by atoms with Crippen LogP contribution in [0, 0.1) is 0 Å². The Morgan fingerprint density at radius 3 is 2.62 bits per heavy atom. The fourth-order valence-electron chi connectivity index (χ4n) is 4.45. The van der Waals surface area contributed by atoms with Gasteiger partial charge in [-0.05, 0) is 61.1 Å². The molecule has 1 atom stereocenters. The topological polar surface area (TPSA) is 52.7 Å². The summed E-state index contributed by atoms with van der Waals surface area (Å²) < 4.78 is 0.588. The second-order valence-corrected chi connectivity index (χ2v) is 9.92. The Morgan fingerprint density at radius 1 is 1.10 bits per heavy atom. The number of hydrogen-bond donors (Lipinski definition) is 1. The van der Waals surface area contributed by atoms with Crippen LogP contribution in [-0.2, 0) is 17.6 Å². The highest BCUT2D eigenvalue weighted by molar-refractivity contribution is 7.18. The maximum Gasteiger partial charge on any atom is 0.261 e. The molecule has 3 heterocycles. The predicted octanol–water partition coefficient (Wildman–Crippen LogP) is 3.50. The third-order valence-corrected chi connectivity index (χ3v) is 7.39. The van der Waals surface area contributed by atoms with Crippen LogP contribution in [0.1, 0.15) is 40.1 Å². The van der Waals surface area contributed by atoms with E-state index >= 15 is 0 Å². The maximum atomic E-state index is 12.6. The number of thiophene rings is 1. The molecule has 29 heavy (non-hydrogen) atoms. The van der Waals surface area contributed by atoms with Gasteiger partial charge in [-0.3, -0.25) is 14.5 Å². The van der Waals surface area contributed by atoms with E-state index in [9.17, 15) is 9.59 Å². The van der Waals surface area contributed by atoms with Crippen molar-refractivity contribution in [3.05, 3.63) is 50.7 Å². The monoisotopic (exact) mass is 429 g/mol. The van der Waals surface area contributed by atoms with Gasteiger partial charge in [-0.1, -0.05) is 17.7 Å². The molecule has 7 heteroatoms. The zero-order valence-electron chi connectivity index (χ0n) is 16.2. The van der Waals surface area contributed by atoms with Crippen molar-refractivity contribution in [2.24, 2.45) is 0 Å². The molecule has 1 saturated heterocycles. The lowest BCUT2D eigenvalue weighted by molar-refractivity contribution is -0.117. The van der Waals surface area contributed by atoms with Crippen molar-refractivity contribution in [2.45, 2.75) is 44.2 Å².